The van der Waals surface area contributed by atoms with E-state index in [0.717, 1.165) is 38.2 Å². The van der Waals surface area contributed by atoms with Crippen molar-refractivity contribution in [1.29, 1.82) is 0 Å². The summed E-state index contributed by atoms with van der Waals surface area (Å²) in [7, 11) is 1.84. The van der Waals surface area contributed by atoms with E-state index >= 15 is 0 Å². The van der Waals surface area contributed by atoms with Gasteiger partial charge in [-0.05, 0) is 34.4 Å². The fourth-order valence-corrected chi connectivity index (χ4v) is 6.01. The monoisotopic (exact) mass is 489 g/mol. The molecule has 0 spiro atoms. The Morgan fingerprint density at radius 3 is 2.61 bits per heavy atom. The van der Waals surface area contributed by atoms with Crippen LogP contribution in [-0.2, 0) is 12.8 Å². The first-order valence-corrected chi connectivity index (χ1v) is 12.6. The van der Waals surface area contributed by atoms with Crippen molar-refractivity contribution >= 4 is 57.1 Å². The number of nitrogens with one attached hydrogen (secondary N) is 1. The number of aryl methyl sites for hydroxylation is 1. The second-order valence-electron chi connectivity index (χ2n) is 7.53. The van der Waals surface area contributed by atoms with Crippen molar-refractivity contribution < 1.29 is 4.79 Å². The van der Waals surface area contributed by atoms with Crippen LogP contribution in [0.2, 0.25) is 5.15 Å². The second kappa shape index (κ2) is 9.43. The van der Waals surface area contributed by atoms with Gasteiger partial charge in [-0.25, -0.2) is 0 Å². The van der Waals surface area contributed by atoms with E-state index in [1.54, 1.807) is 16.4 Å². The molecule has 0 aliphatic carbocycles. The molecule has 0 aliphatic heterocycles. The smallest absolute Gasteiger partial charge is 0.266 e. The van der Waals surface area contributed by atoms with Crippen LogP contribution >= 0.6 is 34.7 Å². The maximum absolute atomic E-state index is 13.0. The van der Waals surface area contributed by atoms with E-state index in [2.05, 4.69) is 16.5 Å². The molecule has 0 bridgehead atoms. The van der Waals surface area contributed by atoms with Crippen LogP contribution in [0.4, 0.5) is 5.69 Å². The number of rotatable bonds is 6. The molecule has 5 aromatic rings. The van der Waals surface area contributed by atoms with Gasteiger partial charge in [0.15, 0.2) is 0 Å². The van der Waals surface area contributed by atoms with Gasteiger partial charge in [-0.3, -0.25) is 9.48 Å². The number of amides is 1. The Morgan fingerprint density at radius 2 is 1.79 bits per heavy atom. The quantitative estimate of drug-likeness (QED) is 0.251. The number of thiophene rings is 1. The molecule has 0 radical (unpaired) electrons. The molecule has 0 saturated heterocycles. The predicted octanol–water partition coefficient (Wildman–Crippen LogP) is 7.50. The van der Waals surface area contributed by atoms with Gasteiger partial charge in [-0.2, -0.15) is 5.10 Å². The number of benzene rings is 3. The molecule has 7 heteroatoms. The van der Waals surface area contributed by atoms with Crippen molar-refractivity contribution in [3.63, 3.8) is 0 Å². The molecule has 0 atom stereocenters. The first kappa shape index (κ1) is 21.8. The average molecular weight is 490 g/mol. The number of anilines is 1. The van der Waals surface area contributed by atoms with Crippen LogP contribution in [0.25, 0.3) is 22.0 Å². The van der Waals surface area contributed by atoms with Gasteiger partial charge in [-0.1, -0.05) is 72.3 Å². The Bertz CT molecular complexity index is 1440. The maximum Gasteiger partial charge on any atom is 0.266 e. The number of hydrogen-bond acceptors (Lipinski definition) is 4. The van der Waals surface area contributed by atoms with Crippen molar-refractivity contribution in [2.45, 2.75) is 10.6 Å². The van der Waals surface area contributed by atoms with Crippen LogP contribution in [0, 0.1) is 0 Å². The van der Waals surface area contributed by atoms with Gasteiger partial charge in [0.05, 0.1) is 5.69 Å². The van der Waals surface area contributed by atoms with E-state index in [4.69, 9.17) is 11.6 Å². The Morgan fingerprint density at radius 1 is 1.03 bits per heavy atom. The lowest BCUT2D eigenvalue weighted by atomic mass is 10.1. The zero-order valence-corrected chi connectivity index (χ0v) is 20.2. The number of halogens is 1. The molecule has 0 unspecified atom stereocenters. The Labute approximate surface area is 205 Å². The Hall–Kier alpha value is -3.06. The highest BCUT2D eigenvalue weighted by Gasteiger charge is 2.19. The highest BCUT2D eigenvalue weighted by Crippen LogP contribution is 2.36. The third kappa shape index (κ3) is 4.55. The molecule has 2 heterocycles. The summed E-state index contributed by atoms with van der Waals surface area (Å²) >= 11 is 9.61. The molecule has 2 aromatic heterocycles. The number of fused-ring (bicyclic) bond motifs is 1. The van der Waals surface area contributed by atoms with Crippen LogP contribution in [0.5, 0.6) is 0 Å². The van der Waals surface area contributed by atoms with E-state index in [-0.39, 0.29) is 5.91 Å². The number of nitrogens with zero attached hydrogens (tertiary/aromatic N) is 2. The normalized spacial score (nSPS) is 11.1. The summed E-state index contributed by atoms with van der Waals surface area (Å²) in [6.45, 7) is 0. The third-order valence-electron chi connectivity index (χ3n) is 5.33. The molecule has 3 aromatic carbocycles. The zero-order valence-electron chi connectivity index (χ0n) is 17.8. The van der Waals surface area contributed by atoms with Crippen LogP contribution in [0.15, 0.2) is 89.1 Å². The maximum atomic E-state index is 13.0. The molecule has 1 N–H and O–H groups in total. The first-order valence-electron chi connectivity index (χ1n) is 10.4. The zero-order chi connectivity index (χ0) is 22.8. The topological polar surface area (TPSA) is 46.9 Å². The van der Waals surface area contributed by atoms with Gasteiger partial charge in [0, 0.05) is 34.5 Å². The summed E-state index contributed by atoms with van der Waals surface area (Å²) in [5.74, 6) is 0.507. The molecule has 0 fully saturated rings. The number of carbonyl (C=O) groups excluding carboxylic acids is 1. The minimum Gasteiger partial charge on any atom is -0.321 e. The molecular formula is C26H20ClN3OS2. The Balaban J connectivity index is 1.35. The molecule has 164 valence electrons. The van der Waals surface area contributed by atoms with Gasteiger partial charge >= 0.3 is 0 Å². The molecule has 0 saturated carbocycles. The predicted molar refractivity (Wildman–Crippen MR) is 139 cm³/mol. The van der Waals surface area contributed by atoms with Crippen molar-refractivity contribution in [3.8, 4) is 11.3 Å². The van der Waals surface area contributed by atoms with E-state index < -0.39 is 0 Å². The van der Waals surface area contributed by atoms with E-state index in [1.165, 1.54) is 11.3 Å². The lowest BCUT2D eigenvalue weighted by Gasteiger charge is -2.08. The van der Waals surface area contributed by atoms with Crippen LogP contribution in [0.3, 0.4) is 0 Å². The Kier molecular flexibility index (Phi) is 6.22. The number of thioether (sulfide) groups is 1. The summed E-state index contributed by atoms with van der Waals surface area (Å²) in [5.41, 5.74) is 3.63. The van der Waals surface area contributed by atoms with Crippen LogP contribution in [-0.4, -0.2) is 15.7 Å². The molecular weight excluding hydrogens is 470 g/mol. The lowest BCUT2D eigenvalue weighted by Crippen LogP contribution is -2.11. The highest BCUT2D eigenvalue weighted by atomic mass is 35.5. The number of aromatic nitrogens is 2. The van der Waals surface area contributed by atoms with Crippen molar-refractivity contribution in [3.05, 3.63) is 99.8 Å². The van der Waals surface area contributed by atoms with Gasteiger partial charge < -0.3 is 5.32 Å². The van der Waals surface area contributed by atoms with E-state index in [0.29, 0.717) is 15.8 Å². The average Bonchev–Trinajstić information content (AvgIpc) is 3.43. The fraction of sp³-hybridized carbons (Fsp3) is 0.0769. The van der Waals surface area contributed by atoms with Gasteiger partial charge in [-0.15, -0.1) is 23.1 Å². The minimum absolute atomic E-state index is 0.108. The number of hydrogen-bond donors (Lipinski definition) is 1. The minimum atomic E-state index is -0.108. The molecule has 5 rings (SSSR count). The van der Waals surface area contributed by atoms with Crippen molar-refractivity contribution in [2.24, 2.45) is 7.05 Å². The summed E-state index contributed by atoms with van der Waals surface area (Å²) in [6.07, 6.45) is 0. The highest BCUT2D eigenvalue weighted by molar-refractivity contribution is 7.98. The SMILES string of the molecule is Cn1nc(-c2ccccc2)c(CSc2ccsc2C(=O)Nc2ccc3ccccc3c2)c1Cl. The molecule has 33 heavy (non-hydrogen) atoms. The van der Waals surface area contributed by atoms with E-state index in [9.17, 15) is 4.79 Å². The second-order valence-corrected chi connectivity index (χ2v) is 9.82. The molecule has 0 aliphatic rings. The molecule has 1 amide bonds. The van der Waals surface area contributed by atoms with Crippen molar-refractivity contribution in [1.82, 2.24) is 9.78 Å². The first-order chi connectivity index (χ1) is 16.1. The summed E-state index contributed by atoms with van der Waals surface area (Å²) in [4.78, 5) is 14.7. The summed E-state index contributed by atoms with van der Waals surface area (Å²) < 4.78 is 1.70. The van der Waals surface area contributed by atoms with Gasteiger partial charge in [0.1, 0.15) is 10.0 Å². The summed E-state index contributed by atoms with van der Waals surface area (Å²) in [5, 5.41) is 12.4. The lowest BCUT2D eigenvalue weighted by molar-refractivity contribution is 0.102. The van der Waals surface area contributed by atoms with Crippen molar-refractivity contribution in [2.75, 3.05) is 5.32 Å². The standard InChI is InChI=1S/C26H20ClN3OS2/c1-30-25(27)21(23(29-30)18-8-3-2-4-9-18)16-33-22-13-14-32-24(22)26(31)28-20-12-11-17-7-5-6-10-19(17)15-20/h2-15H,16H2,1H3,(H,28,31). The third-order valence-corrected chi connectivity index (χ3v) is 7.93. The summed E-state index contributed by atoms with van der Waals surface area (Å²) in [6, 6.07) is 26.0. The number of carbonyl (C=O) groups is 1. The van der Waals surface area contributed by atoms with Gasteiger partial charge in [0.2, 0.25) is 0 Å². The van der Waals surface area contributed by atoms with E-state index in [1.807, 2.05) is 85.2 Å². The molecule has 4 nitrogen and oxygen atoms in total. The van der Waals surface area contributed by atoms with Crippen LogP contribution < -0.4 is 5.32 Å². The fourth-order valence-electron chi connectivity index (χ4n) is 3.68. The van der Waals surface area contributed by atoms with Crippen LogP contribution in [0.1, 0.15) is 15.2 Å². The van der Waals surface area contributed by atoms with Gasteiger partial charge in [0.25, 0.3) is 5.91 Å². The largest absolute Gasteiger partial charge is 0.321 e.